The normalized spacial score (nSPS) is 16.0. The molecule has 4 nitrogen and oxygen atoms in total. The molecule has 0 bridgehead atoms. The van der Waals surface area contributed by atoms with Crippen molar-refractivity contribution in [1.29, 1.82) is 0 Å². The number of ether oxygens (including phenoxy) is 1. The Balaban J connectivity index is 1.56. The Kier molecular flexibility index (Phi) is 5.84. The molecule has 2 aromatic carbocycles. The van der Waals surface area contributed by atoms with Gasteiger partial charge in [0.2, 0.25) is 5.91 Å². The highest BCUT2D eigenvalue weighted by atomic mass is 79.9. The van der Waals surface area contributed by atoms with E-state index in [1.54, 1.807) is 30.6 Å². The minimum Gasteiger partial charge on any atom is -0.497 e. The maximum Gasteiger partial charge on any atom is 0.247 e. The summed E-state index contributed by atoms with van der Waals surface area (Å²) in [6.45, 7) is 0.628. The van der Waals surface area contributed by atoms with Crippen LogP contribution in [0.25, 0.3) is 17.0 Å². The molecule has 7 heteroatoms. The molecule has 0 fully saturated rings. The highest BCUT2D eigenvalue weighted by molar-refractivity contribution is 9.10. The smallest absolute Gasteiger partial charge is 0.247 e. The largest absolute Gasteiger partial charge is 0.497 e. The third-order valence-corrected chi connectivity index (χ3v) is 7.88. The molecule has 3 heterocycles. The van der Waals surface area contributed by atoms with Gasteiger partial charge in [-0.2, -0.15) is 0 Å². The van der Waals surface area contributed by atoms with Gasteiger partial charge in [-0.1, -0.05) is 29.8 Å². The fraction of sp³-hybridized carbons (Fsp3) is 0.160. The van der Waals surface area contributed by atoms with Gasteiger partial charge < -0.3 is 14.6 Å². The van der Waals surface area contributed by atoms with E-state index < -0.39 is 0 Å². The number of rotatable bonds is 4. The van der Waals surface area contributed by atoms with Gasteiger partial charge in [0.25, 0.3) is 0 Å². The van der Waals surface area contributed by atoms with Gasteiger partial charge in [-0.15, -0.1) is 11.3 Å². The molecule has 2 aromatic heterocycles. The summed E-state index contributed by atoms with van der Waals surface area (Å²) in [5.41, 5.74) is 4.19. The quantitative estimate of drug-likeness (QED) is 0.295. The van der Waals surface area contributed by atoms with Gasteiger partial charge in [-0.05, 0) is 69.9 Å². The number of methoxy groups -OCH3 is 1. The van der Waals surface area contributed by atoms with Crippen molar-refractivity contribution in [3.05, 3.63) is 91.2 Å². The lowest BCUT2D eigenvalue weighted by molar-refractivity contribution is -0.127. The number of hydrogen-bond donors (Lipinski definition) is 1. The van der Waals surface area contributed by atoms with Crippen LogP contribution in [0.1, 0.15) is 27.7 Å². The number of aromatic amines is 1. The lowest BCUT2D eigenvalue weighted by atomic mass is 9.96. The number of carbonyl (C=O) groups is 1. The molecular weight excluding hydrogens is 508 g/mol. The predicted molar refractivity (Wildman–Crippen MR) is 135 cm³/mol. The number of amides is 1. The molecule has 1 unspecified atom stereocenters. The van der Waals surface area contributed by atoms with Crippen molar-refractivity contribution >= 4 is 61.8 Å². The average Bonchev–Trinajstić information content (AvgIpc) is 3.40. The second kappa shape index (κ2) is 8.77. The minimum absolute atomic E-state index is 0.0404. The number of nitrogens with zero attached hydrogens (tertiary/aromatic N) is 1. The molecule has 0 spiro atoms. The molecule has 0 radical (unpaired) electrons. The van der Waals surface area contributed by atoms with Crippen LogP contribution < -0.4 is 4.74 Å². The fourth-order valence-corrected chi connectivity index (χ4v) is 6.03. The number of benzene rings is 2. The van der Waals surface area contributed by atoms with Crippen LogP contribution in [0.2, 0.25) is 5.02 Å². The van der Waals surface area contributed by atoms with E-state index in [9.17, 15) is 4.79 Å². The van der Waals surface area contributed by atoms with Gasteiger partial charge in [-0.3, -0.25) is 4.79 Å². The lowest BCUT2D eigenvalue weighted by Gasteiger charge is -2.34. The van der Waals surface area contributed by atoms with E-state index in [1.807, 2.05) is 41.3 Å². The molecular formula is C25H20BrClN2O2S. The summed E-state index contributed by atoms with van der Waals surface area (Å²) in [5.74, 6) is 0.789. The number of aromatic nitrogens is 1. The number of thiophene rings is 1. The zero-order valence-corrected chi connectivity index (χ0v) is 20.4. The number of fused-ring (bicyclic) bond motifs is 3. The van der Waals surface area contributed by atoms with Crippen LogP contribution in [0.5, 0.6) is 5.75 Å². The first-order valence-electron chi connectivity index (χ1n) is 10.2. The highest BCUT2D eigenvalue weighted by Crippen LogP contribution is 2.42. The SMILES string of the molecule is COc1ccc2[nH]c3c(c2c1)CCN(C(=O)/C=C/c1ccccc1Cl)C3c1cc(Br)cs1. The molecule has 5 rings (SSSR count). The molecule has 0 saturated carbocycles. The van der Waals surface area contributed by atoms with Gasteiger partial charge >= 0.3 is 0 Å². The van der Waals surface area contributed by atoms with E-state index in [2.05, 4.69) is 38.4 Å². The standard InChI is InChI=1S/C25H20BrClN2O2S/c1-31-17-7-8-21-19(13-17)18-10-11-29(23(30)9-6-15-4-2-3-5-20(15)27)25(24(18)28-21)22-12-16(26)14-32-22/h2-9,12-14,25,28H,10-11H2,1H3/b9-6+. The Hall–Kier alpha value is -2.54. The Bertz CT molecular complexity index is 1340. The zero-order valence-electron chi connectivity index (χ0n) is 17.3. The van der Waals surface area contributed by atoms with E-state index in [0.717, 1.165) is 43.7 Å². The summed E-state index contributed by atoms with van der Waals surface area (Å²) in [6, 6.07) is 15.5. The molecule has 4 aromatic rings. The van der Waals surface area contributed by atoms with E-state index in [4.69, 9.17) is 16.3 Å². The van der Waals surface area contributed by atoms with Crippen LogP contribution in [0.15, 0.2) is 64.5 Å². The van der Waals surface area contributed by atoms with Crippen LogP contribution in [0.4, 0.5) is 0 Å². The molecule has 0 aliphatic carbocycles. The Labute approximate surface area is 203 Å². The summed E-state index contributed by atoms with van der Waals surface area (Å²) >= 11 is 11.5. The van der Waals surface area contributed by atoms with Gasteiger partial charge in [0.05, 0.1) is 7.11 Å². The molecule has 1 amide bonds. The Morgan fingerprint density at radius 1 is 1.28 bits per heavy atom. The molecule has 1 aliphatic heterocycles. The second-order valence-corrected chi connectivity index (χ2v) is 9.90. The minimum atomic E-state index is -0.183. The maximum absolute atomic E-state index is 13.4. The van der Waals surface area contributed by atoms with Gasteiger partial charge in [0.1, 0.15) is 11.8 Å². The van der Waals surface area contributed by atoms with Crippen molar-refractivity contribution in [2.45, 2.75) is 12.5 Å². The van der Waals surface area contributed by atoms with Crippen LogP contribution in [0, 0.1) is 0 Å². The highest BCUT2D eigenvalue weighted by Gasteiger charge is 2.34. The predicted octanol–water partition coefficient (Wildman–Crippen LogP) is 6.84. The Morgan fingerprint density at radius 3 is 2.88 bits per heavy atom. The third kappa shape index (κ3) is 3.87. The van der Waals surface area contributed by atoms with Crippen molar-refractivity contribution in [1.82, 2.24) is 9.88 Å². The summed E-state index contributed by atoms with van der Waals surface area (Å²) < 4.78 is 6.45. The van der Waals surface area contributed by atoms with Crippen molar-refractivity contribution < 1.29 is 9.53 Å². The summed E-state index contributed by atoms with van der Waals surface area (Å²) in [7, 11) is 1.68. The van der Waals surface area contributed by atoms with Crippen LogP contribution in [-0.2, 0) is 11.2 Å². The first-order chi connectivity index (χ1) is 15.5. The van der Waals surface area contributed by atoms with E-state index in [1.165, 1.54) is 5.56 Å². The summed E-state index contributed by atoms with van der Waals surface area (Å²) in [6.07, 6.45) is 4.18. The van der Waals surface area contributed by atoms with Crippen molar-refractivity contribution in [3.8, 4) is 5.75 Å². The summed E-state index contributed by atoms with van der Waals surface area (Å²) in [5, 5.41) is 3.83. The van der Waals surface area contributed by atoms with Gasteiger partial charge in [0, 0.05) is 49.0 Å². The fourth-order valence-electron chi connectivity index (χ4n) is 4.27. The topological polar surface area (TPSA) is 45.3 Å². The zero-order chi connectivity index (χ0) is 22.2. The van der Waals surface area contributed by atoms with Crippen molar-refractivity contribution in [2.75, 3.05) is 13.7 Å². The van der Waals surface area contributed by atoms with Crippen LogP contribution >= 0.6 is 38.9 Å². The number of hydrogen-bond acceptors (Lipinski definition) is 3. The molecule has 1 N–H and O–H groups in total. The summed E-state index contributed by atoms with van der Waals surface area (Å²) in [4.78, 5) is 20.0. The number of nitrogens with one attached hydrogen (secondary N) is 1. The monoisotopic (exact) mass is 526 g/mol. The molecule has 32 heavy (non-hydrogen) atoms. The van der Waals surface area contributed by atoms with Crippen molar-refractivity contribution in [3.63, 3.8) is 0 Å². The van der Waals surface area contributed by atoms with Crippen LogP contribution in [-0.4, -0.2) is 29.4 Å². The van der Waals surface area contributed by atoms with E-state index in [-0.39, 0.29) is 11.9 Å². The van der Waals surface area contributed by atoms with E-state index in [0.29, 0.717) is 11.6 Å². The number of H-pyrrole nitrogens is 1. The molecule has 1 aliphatic rings. The lowest BCUT2D eigenvalue weighted by Crippen LogP contribution is -2.39. The Morgan fingerprint density at radius 2 is 2.12 bits per heavy atom. The maximum atomic E-state index is 13.4. The van der Waals surface area contributed by atoms with Gasteiger partial charge in [0.15, 0.2) is 0 Å². The first-order valence-corrected chi connectivity index (χ1v) is 12.3. The van der Waals surface area contributed by atoms with Crippen molar-refractivity contribution in [2.24, 2.45) is 0 Å². The second-order valence-electron chi connectivity index (χ2n) is 7.64. The third-order valence-electron chi connectivity index (χ3n) is 5.79. The average molecular weight is 528 g/mol. The van der Waals surface area contributed by atoms with Gasteiger partial charge in [-0.25, -0.2) is 0 Å². The van der Waals surface area contributed by atoms with E-state index >= 15 is 0 Å². The molecule has 0 saturated heterocycles. The molecule has 1 atom stereocenters. The van der Waals surface area contributed by atoms with Crippen LogP contribution in [0.3, 0.4) is 0 Å². The number of carbonyl (C=O) groups excluding carboxylic acids is 1. The molecule has 162 valence electrons. The number of halogens is 2. The first kappa shape index (κ1) is 21.3.